The zero-order valence-corrected chi connectivity index (χ0v) is 14.3. The molecule has 1 heterocycles. The van der Waals surface area contributed by atoms with Gasteiger partial charge in [0.15, 0.2) is 0 Å². The fraction of sp³-hybridized carbons (Fsp3) is 0. The van der Waals surface area contributed by atoms with Crippen molar-refractivity contribution in [3.8, 4) is 5.75 Å². The molecule has 0 aliphatic rings. The van der Waals surface area contributed by atoms with Gasteiger partial charge < -0.3 is 42.2 Å². The average Bonchev–Trinajstić information content (AvgIpc) is 2.29. The molecule has 0 unspecified atom stereocenters. The van der Waals surface area contributed by atoms with Gasteiger partial charge in [-0.25, -0.2) is 0 Å². The van der Waals surface area contributed by atoms with Gasteiger partial charge in [-0.2, -0.15) is 0 Å². The van der Waals surface area contributed by atoms with Crippen LogP contribution in [0.1, 0.15) is 0 Å². The Kier molecular flexibility index (Phi) is 12.0. The third-order valence-electron chi connectivity index (χ3n) is 2.57. The van der Waals surface area contributed by atoms with Crippen LogP contribution in [0.2, 0.25) is 0 Å². The fourth-order valence-corrected chi connectivity index (χ4v) is 1.85. The molecule has 1 aromatic heterocycles. The minimum Gasteiger partial charge on any atom is -1.00 e. The standard InChI is InChI=1S/C13H9NO.2ClH.2H3N.Pt/c15-10-5-6-13-12(7-10)11-4-2-1-3-9(11)8-14-13;;;;;/h1-8,15H;2*1H;2*1H3;/q;;;;;+4/p-2. The van der Waals surface area contributed by atoms with Gasteiger partial charge in [-0.05, 0) is 23.6 Å². The fourth-order valence-electron chi connectivity index (χ4n) is 1.85. The van der Waals surface area contributed by atoms with E-state index in [0.717, 1.165) is 21.7 Å². The largest absolute Gasteiger partial charge is 4.00 e. The molecule has 0 radical (unpaired) electrons. The number of phenols is 1. The molecule has 0 saturated heterocycles. The Balaban J connectivity index is -0.000000578. The number of pyridine rings is 1. The third-order valence-corrected chi connectivity index (χ3v) is 2.57. The molecule has 0 bridgehead atoms. The minimum atomic E-state index is 0. The van der Waals surface area contributed by atoms with E-state index in [4.69, 9.17) is 0 Å². The van der Waals surface area contributed by atoms with Crippen molar-refractivity contribution in [2.75, 3.05) is 0 Å². The molecule has 0 amide bonds. The summed E-state index contributed by atoms with van der Waals surface area (Å²) < 4.78 is 0. The SMILES string of the molecule is N.N.Oc1ccc2ncc3ccccc3c2c1.[Cl-].[Cl-].[Pt+4]. The Morgan fingerprint density at radius 3 is 2.20 bits per heavy atom. The van der Waals surface area contributed by atoms with Gasteiger partial charge in [0, 0.05) is 17.0 Å². The van der Waals surface area contributed by atoms with Gasteiger partial charge >= 0.3 is 21.1 Å². The predicted molar refractivity (Wildman–Crippen MR) is 71.0 cm³/mol. The summed E-state index contributed by atoms with van der Waals surface area (Å²) in [5.41, 5.74) is 0.909. The second-order valence-corrected chi connectivity index (χ2v) is 3.55. The second-order valence-electron chi connectivity index (χ2n) is 3.55. The molecular formula is C13H15Cl2N3OPt+2. The Morgan fingerprint density at radius 2 is 1.50 bits per heavy atom. The van der Waals surface area contributed by atoms with Gasteiger partial charge in [0.05, 0.1) is 5.52 Å². The number of benzene rings is 2. The van der Waals surface area contributed by atoms with Crippen molar-refractivity contribution < 1.29 is 51.0 Å². The van der Waals surface area contributed by atoms with Crippen LogP contribution in [0.4, 0.5) is 0 Å². The van der Waals surface area contributed by atoms with Crippen molar-refractivity contribution in [1.29, 1.82) is 0 Å². The zero-order valence-electron chi connectivity index (χ0n) is 10.5. The molecule has 0 atom stereocenters. The van der Waals surface area contributed by atoms with Crippen molar-refractivity contribution in [2.45, 2.75) is 0 Å². The number of hydrogen-bond acceptors (Lipinski definition) is 4. The number of fused-ring (bicyclic) bond motifs is 3. The number of aromatic nitrogens is 1. The van der Waals surface area contributed by atoms with Crippen molar-refractivity contribution in [2.24, 2.45) is 0 Å². The Bertz CT molecular complexity index is 667. The van der Waals surface area contributed by atoms with Crippen LogP contribution in [-0.4, -0.2) is 10.1 Å². The Hall–Kier alpha value is -0.902. The molecule has 7 N–H and O–H groups in total. The quantitative estimate of drug-likeness (QED) is 0.299. The smallest absolute Gasteiger partial charge is 1.00 e. The summed E-state index contributed by atoms with van der Waals surface area (Å²) in [5.74, 6) is 0.278. The molecule has 4 nitrogen and oxygen atoms in total. The topological polar surface area (TPSA) is 103 Å². The molecule has 0 aliphatic carbocycles. The molecule has 2 aromatic carbocycles. The van der Waals surface area contributed by atoms with Crippen LogP contribution in [0.3, 0.4) is 0 Å². The maximum absolute atomic E-state index is 9.46. The van der Waals surface area contributed by atoms with E-state index in [-0.39, 0.29) is 63.9 Å². The van der Waals surface area contributed by atoms with Crippen molar-refractivity contribution in [1.82, 2.24) is 17.3 Å². The monoisotopic (exact) mass is 494 g/mol. The van der Waals surface area contributed by atoms with E-state index in [1.54, 1.807) is 12.1 Å². The van der Waals surface area contributed by atoms with E-state index in [1.807, 2.05) is 36.5 Å². The van der Waals surface area contributed by atoms with Crippen LogP contribution in [0.15, 0.2) is 48.7 Å². The number of rotatable bonds is 0. The zero-order chi connectivity index (χ0) is 10.3. The number of nitrogens with zero attached hydrogens (tertiary/aromatic N) is 1. The summed E-state index contributed by atoms with van der Waals surface area (Å²) in [6.45, 7) is 0. The van der Waals surface area contributed by atoms with Gasteiger partial charge in [-0.15, -0.1) is 0 Å². The molecular weight excluding hydrogens is 480 g/mol. The van der Waals surface area contributed by atoms with Crippen LogP contribution in [0, 0.1) is 0 Å². The molecule has 0 spiro atoms. The number of halogens is 2. The predicted octanol–water partition coefficient (Wildman–Crippen LogP) is -2.58. The van der Waals surface area contributed by atoms with E-state index >= 15 is 0 Å². The third kappa shape index (κ3) is 4.30. The van der Waals surface area contributed by atoms with Crippen molar-refractivity contribution >= 4 is 21.7 Å². The summed E-state index contributed by atoms with van der Waals surface area (Å²) in [6, 6.07) is 13.3. The van der Waals surface area contributed by atoms with E-state index in [2.05, 4.69) is 4.98 Å². The van der Waals surface area contributed by atoms with E-state index < -0.39 is 0 Å². The molecule has 3 aromatic rings. The normalized spacial score (nSPS) is 8.20. The van der Waals surface area contributed by atoms with Crippen LogP contribution >= 0.6 is 0 Å². The van der Waals surface area contributed by atoms with Crippen LogP contribution < -0.4 is 37.1 Å². The first kappa shape index (κ1) is 24.1. The maximum Gasteiger partial charge on any atom is 4.00 e. The maximum atomic E-state index is 9.46. The first-order chi connectivity index (χ1) is 7.34. The first-order valence-electron chi connectivity index (χ1n) is 4.81. The molecule has 0 fully saturated rings. The number of hydrogen-bond donors (Lipinski definition) is 3. The molecule has 20 heavy (non-hydrogen) atoms. The molecule has 0 saturated carbocycles. The first-order valence-corrected chi connectivity index (χ1v) is 4.81. The summed E-state index contributed by atoms with van der Waals surface area (Å²) in [4.78, 5) is 4.34. The van der Waals surface area contributed by atoms with Crippen molar-refractivity contribution in [3.05, 3.63) is 48.7 Å². The van der Waals surface area contributed by atoms with Gasteiger partial charge in [0.25, 0.3) is 0 Å². The molecule has 0 aliphatic heterocycles. The van der Waals surface area contributed by atoms with Gasteiger partial charge in [0.1, 0.15) is 5.75 Å². The second kappa shape index (κ2) is 9.92. The van der Waals surface area contributed by atoms with Gasteiger partial charge in [-0.3, -0.25) is 4.98 Å². The molecule has 110 valence electrons. The summed E-state index contributed by atoms with van der Waals surface area (Å²) >= 11 is 0. The van der Waals surface area contributed by atoms with Crippen molar-refractivity contribution in [3.63, 3.8) is 0 Å². The Morgan fingerprint density at radius 1 is 0.850 bits per heavy atom. The summed E-state index contributed by atoms with van der Waals surface area (Å²) in [7, 11) is 0. The Labute approximate surface area is 144 Å². The van der Waals surface area contributed by atoms with E-state index in [1.165, 1.54) is 0 Å². The van der Waals surface area contributed by atoms with Crippen LogP contribution in [-0.2, 0) is 21.1 Å². The molecule has 7 heteroatoms. The number of aromatic hydroxyl groups is 1. The number of phenolic OH excluding ortho intramolecular Hbond substituents is 1. The van der Waals surface area contributed by atoms with Crippen LogP contribution in [0.25, 0.3) is 21.7 Å². The van der Waals surface area contributed by atoms with Gasteiger partial charge in [0.2, 0.25) is 0 Å². The van der Waals surface area contributed by atoms with E-state index in [9.17, 15) is 5.11 Å². The average molecular weight is 495 g/mol. The van der Waals surface area contributed by atoms with E-state index in [0.29, 0.717) is 0 Å². The summed E-state index contributed by atoms with van der Waals surface area (Å²) in [6.07, 6.45) is 1.86. The van der Waals surface area contributed by atoms with Gasteiger partial charge in [-0.1, -0.05) is 24.3 Å². The van der Waals surface area contributed by atoms with Crippen LogP contribution in [0.5, 0.6) is 5.75 Å². The minimum absolute atomic E-state index is 0. The summed E-state index contributed by atoms with van der Waals surface area (Å²) in [5, 5.41) is 12.7. The molecule has 3 rings (SSSR count).